The normalized spacial score (nSPS) is 18.6. The molecule has 168 valence electrons. The lowest BCUT2D eigenvalue weighted by atomic mass is 9.93. The van der Waals surface area contributed by atoms with E-state index in [9.17, 15) is 4.79 Å². The van der Waals surface area contributed by atoms with Crippen molar-refractivity contribution in [2.24, 2.45) is 0 Å². The van der Waals surface area contributed by atoms with Gasteiger partial charge in [0.05, 0.1) is 25.4 Å². The van der Waals surface area contributed by atoms with Gasteiger partial charge in [0.1, 0.15) is 19.7 Å². The third-order valence-corrected chi connectivity index (χ3v) is 6.75. The topological polar surface area (TPSA) is 95.6 Å². The van der Waals surface area contributed by atoms with Crippen molar-refractivity contribution in [2.75, 3.05) is 38.2 Å². The van der Waals surface area contributed by atoms with E-state index >= 15 is 0 Å². The van der Waals surface area contributed by atoms with E-state index in [-0.39, 0.29) is 12.1 Å². The maximum atomic E-state index is 12.4. The van der Waals surface area contributed by atoms with Gasteiger partial charge in [-0.15, -0.1) is 5.10 Å². The minimum Gasteiger partial charge on any atom is -0.447 e. The maximum Gasteiger partial charge on any atom is 0.411 e. The second-order valence-electron chi connectivity index (χ2n) is 8.52. The predicted octanol–water partition coefficient (Wildman–Crippen LogP) is 1.76. The number of anilines is 1. The maximum absolute atomic E-state index is 12.4. The van der Waals surface area contributed by atoms with Gasteiger partial charge >= 0.3 is 6.09 Å². The van der Waals surface area contributed by atoms with Crippen LogP contribution in [-0.4, -0.2) is 59.2 Å². The number of rotatable bonds is 6. The van der Waals surface area contributed by atoms with Gasteiger partial charge in [-0.1, -0.05) is 36.4 Å². The van der Waals surface area contributed by atoms with E-state index in [1.54, 1.807) is 0 Å². The number of morpholine rings is 1. The highest BCUT2D eigenvalue weighted by Crippen LogP contribution is 2.35. The number of hydrogen-bond acceptors (Lipinski definition) is 6. The van der Waals surface area contributed by atoms with Crippen LogP contribution in [0.15, 0.2) is 42.5 Å². The second kappa shape index (κ2) is 9.22. The molecule has 1 aromatic heterocycles. The molecule has 1 aliphatic heterocycles. The van der Waals surface area contributed by atoms with Crippen LogP contribution in [0.3, 0.4) is 0 Å². The Morgan fingerprint density at radius 3 is 2.75 bits per heavy atom. The molecule has 2 aromatic carbocycles. The van der Waals surface area contributed by atoms with Crippen LogP contribution in [0.1, 0.15) is 31.5 Å². The Morgan fingerprint density at radius 1 is 1.12 bits per heavy atom. The number of tetrazole rings is 1. The molecule has 0 bridgehead atoms. The molecule has 9 nitrogen and oxygen atoms in total. The molecule has 1 saturated heterocycles. The van der Waals surface area contributed by atoms with E-state index in [0.717, 1.165) is 61.4 Å². The van der Waals surface area contributed by atoms with Crippen LogP contribution < -0.4 is 10.2 Å². The smallest absolute Gasteiger partial charge is 0.411 e. The fraction of sp³-hybridized carbons (Fsp3) is 0.478. The number of nitrogens with one attached hydrogen (secondary N) is 2. The second-order valence-corrected chi connectivity index (χ2v) is 8.52. The lowest BCUT2D eigenvalue weighted by Crippen LogP contribution is -3.20. The van der Waals surface area contributed by atoms with Crippen LogP contribution in [0, 0.1) is 0 Å². The molecule has 2 heterocycles. The summed E-state index contributed by atoms with van der Waals surface area (Å²) in [6, 6.07) is 13.7. The molecule has 2 fully saturated rings. The molecule has 0 atom stereocenters. The molecule has 9 heteroatoms. The fourth-order valence-electron chi connectivity index (χ4n) is 5.21. The standard InChI is InChI=1S/C23H28N6O3/c30-22(24-20-9-5-7-18-6-1-2-8-19(18)20)32-17-14-29-21(25-26-27-29)23(10-3-4-11-23)28-12-15-31-16-13-28/h1-2,5-9H,3-4,10-17H2,(H,24,30)/p+1. The van der Waals surface area contributed by atoms with Crippen LogP contribution in [0.2, 0.25) is 0 Å². The van der Waals surface area contributed by atoms with Gasteiger partial charge < -0.3 is 14.4 Å². The summed E-state index contributed by atoms with van der Waals surface area (Å²) < 4.78 is 12.9. The summed E-state index contributed by atoms with van der Waals surface area (Å²) >= 11 is 0. The summed E-state index contributed by atoms with van der Waals surface area (Å²) in [5, 5.41) is 17.5. The highest BCUT2D eigenvalue weighted by atomic mass is 16.5. The molecular weight excluding hydrogens is 408 g/mol. The van der Waals surface area contributed by atoms with E-state index in [0.29, 0.717) is 6.54 Å². The van der Waals surface area contributed by atoms with Crippen LogP contribution in [0.4, 0.5) is 10.5 Å². The SMILES string of the molecule is O=C(Nc1cccc2ccccc12)OCCn1nnnc1C1([NH+]2CCOCC2)CCCC1. The average molecular weight is 438 g/mol. The average Bonchev–Trinajstić information content (AvgIpc) is 3.50. The first-order valence-electron chi connectivity index (χ1n) is 11.4. The van der Waals surface area contributed by atoms with Crippen LogP contribution >= 0.6 is 0 Å². The highest BCUT2D eigenvalue weighted by Gasteiger charge is 2.49. The minimum atomic E-state index is -0.481. The van der Waals surface area contributed by atoms with E-state index in [1.165, 1.54) is 17.7 Å². The lowest BCUT2D eigenvalue weighted by Gasteiger charge is -2.38. The van der Waals surface area contributed by atoms with Crippen molar-refractivity contribution in [3.8, 4) is 0 Å². The molecule has 3 aromatic rings. The Morgan fingerprint density at radius 2 is 1.91 bits per heavy atom. The molecule has 32 heavy (non-hydrogen) atoms. The Balaban J connectivity index is 1.23. The number of hydrogen-bond donors (Lipinski definition) is 2. The van der Waals surface area contributed by atoms with Gasteiger partial charge in [0.25, 0.3) is 0 Å². The number of nitrogens with zero attached hydrogens (tertiary/aromatic N) is 4. The lowest BCUT2D eigenvalue weighted by molar-refractivity contribution is -0.968. The Labute approximate surface area is 186 Å². The van der Waals surface area contributed by atoms with E-state index < -0.39 is 6.09 Å². The third-order valence-electron chi connectivity index (χ3n) is 6.75. The first-order valence-corrected chi connectivity index (χ1v) is 11.4. The van der Waals surface area contributed by atoms with Gasteiger partial charge in [0, 0.05) is 18.2 Å². The van der Waals surface area contributed by atoms with E-state index in [4.69, 9.17) is 9.47 Å². The number of amides is 1. The van der Waals surface area contributed by atoms with Crippen molar-refractivity contribution in [1.82, 2.24) is 20.2 Å². The predicted molar refractivity (Wildman–Crippen MR) is 118 cm³/mol. The molecule has 2 aliphatic rings. The van der Waals surface area contributed by atoms with Crippen LogP contribution in [-0.2, 0) is 21.6 Å². The first kappa shape index (κ1) is 20.8. The Bertz CT molecular complexity index is 1070. The molecule has 1 saturated carbocycles. The Hall–Kier alpha value is -3.04. The summed E-state index contributed by atoms with van der Waals surface area (Å²) in [6.45, 7) is 4.11. The molecule has 0 unspecified atom stereocenters. The first-order chi connectivity index (χ1) is 15.8. The number of fused-ring (bicyclic) bond motifs is 1. The molecule has 1 amide bonds. The number of carbonyl (C=O) groups excluding carboxylic acids is 1. The summed E-state index contributed by atoms with van der Waals surface area (Å²) in [4.78, 5) is 13.9. The molecule has 5 rings (SSSR count). The minimum absolute atomic E-state index is 0.0709. The zero-order valence-electron chi connectivity index (χ0n) is 18.1. The van der Waals surface area contributed by atoms with Crippen molar-refractivity contribution >= 4 is 22.6 Å². The zero-order valence-corrected chi connectivity index (χ0v) is 18.1. The zero-order chi connectivity index (χ0) is 21.8. The molecule has 1 aliphatic carbocycles. The van der Waals surface area contributed by atoms with Gasteiger partial charge in [-0.3, -0.25) is 5.32 Å². The quantitative estimate of drug-likeness (QED) is 0.610. The van der Waals surface area contributed by atoms with Crippen molar-refractivity contribution in [3.63, 3.8) is 0 Å². The Kier molecular flexibility index (Phi) is 6.00. The van der Waals surface area contributed by atoms with E-state index in [2.05, 4.69) is 20.8 Å². The van der Waals surface area contributed by atoms with Gasteiger partial charge in [-0.25, -0.2) is 9.48 Å². The van der Waals surface area contributed by atoms with Gasteiger partial charge in [-0.05, 0) is 34.7 Å². The van der Waals surface area contributed by atoms with Crippen LogP contribution in [0.25, 0.3) is 10.8 Å². The number of aromatic nitrogens is 4. The van der Waals surface area contributed by atoms with Gasteiger partial charge in [0.2, 0.25) is 5.82 Å². The van der Waals surface area contributed by atoms with Crippen molar-refractivity contribution in [2.45, 2.75) is 37.8 Å². The van der Waals surface area contributed by atoms with Gasteiger partial charge in [-0.2, -0.15) is 0 Å². The molecule has 0 spiro atoms. The largest absolute Gasteiger partial charge is 0.447 e. The van der Waals surface area contributed by atoms with Crippen molar-refractivity contribution in [3.05, 3.63) is 48.3 Å². The highest BCUT2D eigenvalue weighted by molar-refractivity contribution is 6.00. The third kappa shape index (κ3) is 4.05. The number of carbonyl (C=O) groups is 1. The number of ether oxygens (including phenoxy) is 2. The summed E-state index contributed by atoms with van der Waals surface area (Å²) in [6.07, 6.45) is 4.03. The van der Waals surface area contributed by atoms with Crippen molar-refractivity contribution in [1.29, 1.82) is 0 Å². The fourth-order valence-corrected chi connectivity index (χ4v) is 5.21. The number of benzene rings is 2. The summed E-state index contributed by atoms with van der Waals surface area (Å²) in [5.41, 5.74) is 0.662. The van der Waals surface area contributed by atoms with Crippen LogP contribution in [0.5, 0.6) is 0 Å². The molecule has 0 radical (unpaired) electrons. The van der Waals surface area contributed by atoms with Gasteiger partial charge in [0.15, 0.2) is 5.54 Å². The monoisotopic (exact) mass is 437 g/mol. The number of quaternary nitrogens is 1. The summed E-state index contributed by atoms with van der Waals surface area (Å²) in [7, 11) is 0. The summed E-state index contributed by atoms with van der Waals surface area (Å²) in [5.74, 6) is 0.907. The van der Waals surface area contributed by atoms with E-state index in [1.807, 2.05) is 47.1 Å². The molecular formula is C23H29N6O3+. The molecule has 2 N–H and O–H groups in total. The van der Waals surface area contributed by atoms with Crippen molar-refractivity contribution < 1.29 is 19.2 Å².